The number of halogens is 6. The zero-order valence-corrected chi connectivity index (χ0v) is 17.8. The van der Waals surface area contributed by atoms with Crippen LogP contribution in [0.25, 0.3) is 0 Å². The third kappa shape index (κ3) is 4.38. The number of hydrogen-bond acceptors (Lipinski definition) is 4. The van der Waals surface area contributed by atoms with Crippen LogP contribution in [-0.4, -0.2) is 43.4 Å². The number of likely N-dealkylation sites (N-methyl/N-ethyl adjacent to an activating group) is 1. The Morgan fingerprint density at radius 2 is 1.75 bits per heavy atom. The van der Waals surface area contributed by atoms with Crippen molar-refractivity contribution in [3.05, 3.63) is 47.8 Å². The molecule has 1 aliphatic rings. The number of aromatic hydroxyl groups is 1. The maximum atomic E-state index is 13.5. The first-order valence-electron chi connectivity index (χ1n) is 9.41. The summed E-state index contributed by atoms with van der Waals surface area (Å²) in [7, 11) is -3.35. The van der Waals surface area contributed by atoms with Gasteiger partial charge >= 0.3 is 6.18 Å². The van der Waals surface area contributed by atoms with Gasteiger partial charge in [-0.05, 0) is 43.7 Å². The Hall–Kier alpha value is -2.47. The van der Waals surface area contributed by atoms with Crippen molar-refractivity contribution < 1.29 is 39.9 Å². The van der Waals surface area contributed by atoms with Gasteiger partial charge in [0.05, 0.1) is 16.8 Å². The average molecular weight is 482 g/mol. The topological polar surface area (TPSA) is 60.9 Å². The third-order valence-corrected chi connectivity index (χ3v) is 7.65. The molecule has 0 bridgehead atoms. The summed E-state index contributed by atoms with van der Waals surface area (Å²) < 4.78 is 107. The minimum Gasteiger partial charge on any atom is -0.507 e. The van der Waals surface area contributed by atoms with Gasteiger partial charge in [0.15, 0.2) is 0 Å². The Morgan fingerprint density at radius 3 is 2.28 bits per heavy atom. The Morgan fingerprint density at radius 1 is 1.16 bits per heavy atom. The molecule has 0 saturated heterocycles. The number of alkyl halides is 5. The van der Waals surface area contributed by atoms with Gasteiger partial charge in [-0.15, -0.1) is 0 Å². The lowest BCUT2D eigenvalue weighted by Gasteiger charge is -2.39. The first kappa shape index (κ1) is 24.2. The van der Waals surface area contributed by atoms with E-state index < -0.39 is 62.3 Å². The molecule has 0 saturated carbocycles. The Balaban J connectivity index is 2.31. The first-order chi connectivity index (χ1) is 14.7. The van der Waals surface area contributed by atoms with E-state index in [2.05, 4.69) is 0 Å². The molecule has 1 aliphatic heterocycles. The number of benzene rings is 2. The van der Waals surface area contributed by atoms with Gasteiger partial charge in [-0.3, -0.25) is 0 Å². The zero-order chi connectivity index (χ0) is 24.1. The fourth-order valence-electron chi connectivity index (χ4n) is 3.67. The molecule has 176 valence electrons. The van der Waals surface area contributed by atoms with Crippen molar-refractivity contribution in [2.24, 2.45) is 0 Å². The predicted molar refractivity (Wildman–Crippen MR) is 105 cm³/mol. The predicted octanol–water partition coefficient (Wildman–Crippen LogP) is 5.13. The summed E-state index contributed by atoms with van der Waals surface area (Å²) in [5.41, 5.74) is -3.18. The molecular formula is C20H20F6N2O3S. The van der Waals surface area contributed by atoms with Gasteiger partial charge in [-0.1, -0.05) is 0 Å². The first-order valence-corrected chi connectivity index (χ1v) is 10.9. The summed E-state index contributed by atoms with van der Waals surface area (Å²) in [6.07, 6.45) is -8.67. The highest BCUT2D eigenvalue weighted by Crippen LogP contribution is 2.47. The van der Waals surface area contributed by atoms with Gasteiger partial charge in [-0.2, -0.15) is 17.5 Å². The van der Waals surface area contributed by atoms with E-state index in [1.807, 2.05) is 0 Å². The maximum absolute atomic E-state index is 13.5. The van der Waals surface area contributed by atoms with Crippen LogP contribution >= 0.6 is 0 Å². The van der Waals surface area contributed by atoms with Crippen molar-refractivity contribution >= 4 is 21.4 Å². The second kappa shape index (κ2) is 8.14. The number of sulfonamides is 1. The van der Waals surface area contributed by atoms with E-state index in [4.69, 9.17) is 0 Å². The second-order valence-corrected chi connectivity index (χ2v) is 9.73. The SMILES string of the molecule is CN1C(C)(CCC(F)F)CN(c2ccc(F)cc2)c2cc(C(F)(F)F)c(O)cc2S1(=O)=O. The molecule has 1 heterocycles. The van der Waals surface area contributed by atoms with Gasteiger partial charge in [0, 0.05) is 31.8 Å². The molecule has 2 aromatic carbocycles. The highest BCUT2D eigenvalue weighted by Gasteiger charge is 2.46. The molecular weight excluding hydrogens is 462 g/mol. The van der Waals surface area contributed by atoms with Crippen molar-refractivity contribution in [3.63, 3.8) is 0 Å². The minimum atomic E-state index is -4.99. The number of phenolic OH excluding ortho intramolecular Hbond substituents is 1. The molecule has 5 nitrogen and oxygen atoms in total. The Bertz CT molecular complexity index is 1110. The maximum Gasteiger partial charge on any atom is 0.420 e. The number of nitrogens with zero attached hydrogens (tertiary/aromatic N) is 2. The number of hydrogen-bond donors (Lipinski definition) is 1. The van der Waals surface area contributed by atoms with Crippen LogP contribution in [0.2, 0.25) is 0 Å². The van der Waals surface area contributed by atoms with E-state index in [1.54, 1.807) is 0 Å². The average Bonchev–Trinajstić information content (AvgIpc) is 2.75. The van der Waals surface area contributed by atoms with Crippen molar-refractivity contribution in [1.29, 1.82) is 0 Å². The van der Waals surface area contributed by atoms with Gasteiger partial charge in [0.2, 0.25) is 16.4 Å². The molecule has 0 fully saturated rings. The molecule has 2 aromatic rings. The normalized spacial score (nSPS) is 21.5. The fraction of sp³-hybridized carbons (Fsp3) is 0.400. The quantitative estimate of drug-likeness (QED) is 0.615. The van der Waals surface area contributed by atoms with E-state index in [1.165, 1.54) is 24.0 Å². The molecule has 32 heavy (non-hydrogen) atoms. The highest BCUT2D eigenvalue weighted by molar-refractivity contribution is 7.89. The number of phenols is 1. The van der Waals surface area contributed by atoms with Gasteiger partial charge in [-0.25, -0.2) is 21.6 Å². The summed E-state index contributed by atoms with van der Waals surface area (Å²) in [5, 5.41) is 9.94. The molecule has 1 N–H and O–H groups in total. The summed E-state index contributed by atoms with van der Waals surface area (Å²) in [6, 6.07) is 5.56. The van der Waals surface area contributed by atoms with Crippen LogP contribution in [0.4, 0.5) is 37.7 Å². The molecule has 0 spiro atoms. The zero-order valence-electron chi connectivity index (χ0n) is 17.0. The third-order valence-electron chi connectivity index (χ3n) is 5.61. The van der Waals surface area contributed by atoms with E-state index in [0.29, 0.717) is 12.1 Å². The lowest BCUT2D eigenvalue weighted by atomic mass is 9.94. The van der Waals surface area contributed by atoms with Crippen molar-refractivity contribution in [1.82, 2.24) is 4.31 Å². The largest absolute Gasteiger partial charge is 0.507 e. The van der Waals surface area contributed by atoms with Crippen molar-refractivity contribution in [3.8, 4) is 5.75 Å². The molecule has 0 aromatic heterocycles. The van der Waals surface area contributed by atoms with E-state index in [0.717, 1.165) is 23.5 Å². The Kier molecular flexibility index (Phi) is 6.15. The van der Waals surface area contributed by atoms with Crippen LogP contribution in [0.3, 0.4) is 0 Å². The number of rotatable bonds is 4. The smallest absolute Gasteiger partial charge is 0.420 e. The summed E-state index contributed by atoms with van der Waals surface area (Å²) in [4.78, 5) is 0.575. The van der Waals surface area contributed by atoms with Crippen LogP contribution in [0.1, 0.15) is 25.3 Å². The lowest BCUT2D eigenvalue weighted by molar-refractivity contribution is -0.138. The summed E-state index contributed by atoms with van der Waals surface area (Å²) in [6.45, 7) is 1.11. The highest BCUT2D eigenvalue weighted by atomic mass is 32.2. The molecule has 3 rings (SSSR count). The standard InChI is InChI=1S/C20H20F6N2O3S/c1-19(8-7-18(22)23)11-28(13-5-3-12(21)4-6-13)15-9-14(20(24,25)26)16(29)10-17(15)32(30,31)27(19)2/h3-6,9-10,18,29H,7-8,11H2,1-2H3. The summed E-state index contributed by atoms with van der Waals surface area (Å²) in [5.74, 6) is -1.92. The molecule has 1 atom stereocenters. The molecule has 0 radical (unpaired) electrons. The monoisotopic (exact) mass is 482 g/mol. The van der Waals surface area contributed by atoms with Crippen LogP contribution in [0.5, 0.6) is 5.75 Å². The fourth-order valence-corrected chi connectivity index (χ4v) is 5.39. The molecule has 0 aliphatic carbocycles. The second-order valence-electron chi connectivity index (χ2n) is 7.80. The van der Waals surface area contributed by atoms with E-state index >= 15 is 0 Å². The molecule has 1 unspecified atom stereocenters. The Labute approximate surface area is 180 Å². The lowest BCUT2D eigenvalue weighted by Crippen LogP contribution is -2.51. The van der Waals surface area contributed by atoms with Gasteiger partial charge in [0.25, 0.3) is 0 Å². The van der Waals surface area contributed by atoms with Crippen molar-refractivity contribution in [2.75, 3.05) is 18.5 Å². The molecule has 12 heteroatoms. The van der Waals surface area contributed by atoms with Gasteiger partial charge < -0.3 is 10.0 Å². The minimum absolute atomic E-state index is 0.153. The van der Waals surface area contributed by atoms with Crippen LogP contribution in [0.15, 0.2) is 41.3 Å². The van der Waals surface area contributed by atoms with Crippen LogP contribution in [0, 0.1) is 5.82 Å². The van der Waals surface area contributed by atoms with Gasteiger partial charge in [0.1, 0.15) is 16.5 Å². The van der Waals surface area contributed by atoms with E-state index in [9.17, 15) is 39.9 Å². The number of fused-ring (bicyclic) bond motifs is 1. The molecule has 0 amide bonds. The number of anilines is 2. The van der Waals surface area contributed by atoms with Crippen molar-refractivity contribution in [2.45, 2.75) is 42.8 Å². The van der Waals surface area contributed by atoms with Crippen LogP contribution in [-0.2, 0) is 16.2 Å². The van der Waals surface area contributed by atoms with E-state index in [-0.39, 0.29) is 18.7 Å². The van der Waals surface area contributed by atoms with Crippen LogP contribution < -0.4 is 4.90 Å². The summed E-state index contributed by atoms with van der Waals surface area (Å²) >= 11 is 0.